The summed E-state index contributed by atoms with van der Waals surface area (Å²) in [6.07, 6.45) is 1.63. The summed E-state index contributed by atoms with van der Waals surface area (Å²) in [5, 5.41) is 17.7. The molecule has 0 aliphatic heterocycles. The minimum atomic E-state index is -0.00279. The van der Waals surface area contributed by atoms with Gasteiger partial charge in [-0.25, -0.2) is 4.98 Å². The highest BCUT2D eigenvalue weighted by atomic mass is 79.9. The maximum Gasteiger partial charge on any atom is 0.152 e. The lowest BCUT2D eigenvalue weighted by molar-refractivity contribution is 0.281. The quantitative estimate of drug-likeness (QED) is 0.716. The second-order valence-electron chi connectivity index (χ2n) is 3.00. The topological polar surface area (TPSA) is 82.6 Å². The van der Waals surface area contributed by atoms with Crippen LogP contribution in [0.4, 0.5) is 11.5 Å². The number of hydrogen-bond donors (Lipinski definition) is 3. The van der Waals surface area contributed by atoms with Gasteiger partial charge in [0.25, 0.3) is 0 Å². The first-order valence-corrected chi connectivity index (χ1v) is 5.36. The molecule has 4 N–H and O–H groups in total. The van der Waals surface area contributed by atoms with Crippen LogP contribution in [0.25, 0.3) is 0 Å². The fourth-order valence-corrected chi connectivity index (χ4v) is 1.63. The van der Waals surface area contributed by atoms with E-state index in [1.807, 2.05) is 0 Å². The maximum absolute atomic E-state index is 8.87. The number of aliphatic hydroxyl groups excluding tert-OH is 2. The van der Waals surface area contributed by atoms with Crippen LogP contribution < -0.4 is 10.6 Å². The van der Waals surface area contributed by atoms with Crippen molar-refractivity contribution in [2.75, 3.05) is 36.9 Å². The van der Waals surface area contributed by atoms with E-state index in [1.165, 1.54) is 0 Å². The summed E-state index contributed by atoms with van der Waals surface area (Å²) in [6.45, 7) is 0.799. The van der Waals surface area contributed by atoms with E-state index >= 15 is 0 Å². The van der Waals surface area contributed by atoms with Crippen molar-refractivity contribution in [3.8, 4) is 0 Å². The van der Waals surface area contributed by atoms with Crippen molar-refractivity contribution in [1.82, 2.24) is 4.98 Å². The average Bonchev–Trinajstić information content (AvgIpc) is 2.17. The standard InChI is InChI=1S/C9H14BrN3O2/c10-7-5-8(11)9(12-6-7)13(1-3-14)2-4-15/h5-6,14-15H,1-4,11H2. The lowest BCUT2D eigenvalue weighted by atomic mass is 10.3. The van der Waals surface area contributed by atoms with E-state index in [0.29, 0.717) is 24.6 Å². The number of aromatic nitrogens is 1. The van der Waals surface area contributed by atoms with E-state index in [4.69, 9.17) is 15.9 Å². The van der Waals surface area contributed by atoms with Crippen LogP contribution in [0.1, 0.15) is 0 Å². The minimum absolute atomic E-state index is 0.00279. The Morgan fingerprint density at radius 1 is 1.33 bits per heavy atom. The molecule has 0 aliphatic carbocycles. The molecule has 0 atom stereocenters. The summed E-state index contributed by atoms with van der Waals surface area (Å²) in [6, 6.07) is 1.74. The summed E-state index contributed by atoms with van der Waals surface area (Å²) in [7, 11) is 0. The van der Waals surface area contributed by atoms with Crippen LogP contribution in [0.2, 0.25) is 0 Å². The van der Waals surface area contributed by atoms with Crippen molar-refractivity contribution in [2.45, 2.75) is 0 Å². The molecule has 0 bridgehead atoms. The Morgan fingerprint density at radius 2 is 1.93 bits per heavy atom. The molecule has 0 unspecified atom stereocenters. The molecule has 15 heavy (non-hydrogen) atoms. The Kier molecular flexibility index (Phi) is 4.80. The molecule has 1 aromatic heterocycles. The minimum Gasteiger partial charge on any atom is -0.396 e. The number of pyridine rings is 1. The molecular formula is C9H14BrN3O2. The second-order valence-corrected chi connectivity index (χ2v) is 3.92. The van der Waals surface area contributed by atoms with Gasteiger partial charge in [0.1, 0.15) is 0 Å². The number of halogens is 1. The first-order valence-electron chi connectivity index (χ1n) is 4.56. The molecule has 5 nitrogen and oxygen atoms in total. The summed E-state index contributed by atoms with van der Waals surface area (Å²) < 4.78 is 0.802. The van der Waals surface area contributed by atoms with Crippen molar-refractivity contribution in [3.63, 3.8) is 0 Å². The third-order valence-electron chi connectivity index (χ3n) is 1.90. The van der Waals surface area contributed by atoms with Gasteiger partial charge in [-0.05, 0) is 22.0 Å². The molecule has 84 valence electrons. The first kappa shape index (κ1) is 12.2. The molecule has 0 saturated carbocycles. The zero-order valence-electron chi connectivity index (χ0n) is 8.23. The molecule has 1 heterocycles. The maximum atomic E-state index is 8.87. The summed E-state index contributed by atoms with van der Waals surface area (Å²) in [5.41, 5.74) is 6.31. The van der Waals surface area contributed by atoms with E-state index < -0.39 is 0 Å². The molecule has 0 aliphatic rings. The van der Waals surface area contributed by atoms with E-state index in [0.717, 1.165) is 4.47 Å². The molecule has 0 amide bonds. The van der Waals surface area contributed by atoms with Crippen LogP contribution in [0.3, 0.4) is 0 Å². The monoisotopic (exact) mass is 275 g/mol. The normalized spacial score (nSPS) is 10.3. The fraction of sp³-hybridized carbons (Fsp3) is 0.444. The van der Waals surface area contributed by atoms with Crippen LogP contribution >= 0.6 is 15.9 Å². The molecule has 1 rings (SSSR count). The SMILES string of the molecule is Nc1cc(Br)cnc1N(CCO)CCO. The summed E-state index contributed by atoms with van der Waals surface area (Å²) >= 11 is 3.26. The number of anilines is 2. The molecule has 0 saturated heterocycles. The lowest BCUT2D eigenvalue weighted by Gasteiger charge is -2.22. The molecule has 0 spiro atoms. The average molecular weight is 276 g/mol. The third-order valence-corrected chi connectivity index (χ3v) is 2.33. The van der Waals surface area contributed by atoms with Crippen molar-refractivity contribution >= 4 is 27.4 Å². The van der Waals surface area contributed by atoms with Gasteiger partial charge in [-0.3, -0.25) is 0 Å². The number of nitrogens with zero attached hydrogens (tertiary/aromatic N) is 2. The van der Waals surface area contributed by atoms with Crippen molar-refractivity contribution in [1.29, 1.82) is 0 Å². The Labute approximate surface area is 96.7 Å². The highest BCUT2D eigenvalue weighted by molar-refractivity contribution is 9.10. The van der Waals surface area contributed by atoms with Gasteiger partial charge in [0.15, 0.2) is 5.82 Å². The number of hydrogen-bond acceptors (Lipinski definition) is 5. The van der Waals surface area contributed by atoms with Gasteiger partial charge >= 0.3 is 0 Å². The van der Waals surface area contributed by atoms with E-state index in [1.54, 1.807) is 17.2 Å². The highest BCUT2D eigenvalue weighted by Gasteiger charge is 2.10. The third kappa shape index (κ3) is 3.33. The Morgan fingerprint density at radius 3 is 2.40 bits per heavy atom. The lowest BCUT2D eigenvalue weighted by Crippen LogP contribution is -2.31. The van der Waals surface area contributed by atoms with Crippen molar-refractivity contribution in [3.05, 3.63) is 16.7 Å². The number of nitrogens with two attached hydrogens (primary N) is 1. The largest absolute Gasteiger partial charge is 0.396 e. The van der Waals surface area contributed by atoms with Crippen LogP contribution in [0, 0.1) is 0 Å². The van der Waals surface area contributed by atoms with Crippen molar-refractivity contribution in [2.24, 2.45) is 0 Å². The Hall–Kier alpha value is -0.850. The summed E-state index contributed by atoms with van der Waals surface area (Å²) in [5.74, 6) is 0.585. The van der Waals surface area contributed by atoms with Crippen LogP contribution in [0.15, 0.2) is 16.7 Å². The number of aliphatic hydroxyl groups is 2. The molecule has 0 aromatic carbocycles. The zero-order chi connectivity index (χ0) is 11.3. The molecule has 6 heteroatoms. The van der Waals surface area contributed by atoms with Crippen LogP contribution in [-0.2, 0) is 0 Å². The van der Waals surface area contributed by atoms with Crippen LogP contribution in [-0.4, -0.2) is 41.5 Å². The van der Waals surface area contributed by atoms with Gasteiger partial charge in [0.05, 0.1) is 18.9 Å². The highest BCUT2D eigenvalue weighted by Crippen LogP contribution is 2.23. The molecular weight excluding hydrogens is 262 g/mol. The Bertz CT molecular complexity index is 316. The van der Waals surface area contributed by atoms with Crippen LogP contribution in [0.5, 0.6) is 0 Å². The van der Waals surface area contributed by atoms with Gasteiger partial charge in [-0.15, -0.1) is 0 Å². The smallest absolute Gasteiger partial charge is 0.152 e. The molecule has 0 radical (unpaired) electrons. The van der Waals surface area contributed by atoms with Gasteiger partial charge in [-0.1, -0.05) is 0 Å². The van der Waals surface area contributed by atoms with E-state index in [9.17, 15) is 0 Å². The second kappa shape index (κ2) is 5.89. The fourth-order valence-electron chi connectivity index (χ4n) is 1.28. The van der Waals surface area contributed by atoms with Gasteiger partial charge in [0.2, 0.25) is 0 Å². The van der Waals surface area contributed by atoms with E-state index in [2.05, 4.69) is 20.9 Å². The molecule has 0 fully saturated rings. The first-order chi connectivity index (χ1) is 7.19. The van der Waals surface area contributed by atoms with Gasteiger partial charge in [0, 0.05) is 23.8 Å². The van der Waals surface area contributed by atoms with Gasteiger partial charge in [-0.2, -0.15) is 0 Å². The summed E-state index contributed by atoms with van der Waals surface area (Å²) in [4.78, 5) is 5.89. The van der Waals surface area contributed by atoms with Gasteiger partial charge < -0.3 is 20.8 Å². The van der Waals surface area contributed by atoms with E-state index in [-0.39, 0.29) is 13.2 Å². The van der Waals surface area contributed by atoms with Crippen molar-refractivity contribution < 1.29 is 10.2 Å². The number of rotatable bonds is 5. The number of nitrogen functional groups attached to an aromatic ring is 1. The molecule has 1 aromatic rings. The Balaban J connectivity index is 2.89. The predicted molar refractivity (Wildman–Crippen MR) is 62.7 cm³/mol. The zero-order valence-corrected chi connectivity index (χ0v) is 9.81. The predicted octanol–water partition coefficient (Wildman–Crippen LogP) is 0.217.